The zero-order valence-electron chi connectivity index (χ0n) is 17.0. The molecule has 3 aromatic rings. The Balaban J connectivity index is 1.62. The molecule has 0 bridgehead atoms. The minimum Gasteiger partial charge on any atom is -0.508 e. The van der Waals surface area contributed by atoms with E-state index in [1.807, 2.05) is 0 Å². The predicted octanol–water partition coefficient (Wildman–Crippen LogP) is 2.09. The fourth-order valence-corrected chi connectivity index (χ4v) is 4.81. The van der Waals surface area contributed by atoms with E-state index in [2.05, 4.69) is 15.0 Å². The number of aromatic nitrogens is 1. The second kappa shape index (κ2) is 10.2. The van der Waals surface area contributed by atoms with Crippen LogP contribution in [0.4, 0.5) is 5.13 Å². The summed E-state index contributed by atoms with van der Waals surface area (Å²) in [4.78, 5) is 28.8. The van der Waals surface area contributed by atoms with Gasteiger partial charge >= 0.3 is 5.97 Å². The van der Waals surface area contributed by atoms with Crippen LogP contribution >= 0.6 is 11.3 Å². The van der Waals surface area contributed by atoms with Gasteiger partial charge in [0.2, 0.25) is 5.91 Å². The molecule has 3 N–H and O–H groups in total. The van der Waals surface area contributed by atoms with Gasteiger partial charge in [-0.2, -0.15) is 0 Å². The Labute approximate surface area is 189 Å². The summed E-state index contributed by atoms with van der Waals surface area (Å²) >= 11 is 1.05. The van der Waals surface area contributed by atoms with E-state index in [1.54, 1.807) is 35.7 Å². The first-order valence-electron chi connectivity index (χ1n) is 9.44. The van der Waals surface area contributed by atoms with E-state index in [4.69, 9.17) is 4.74 Å². The largest absolute Gasteiger partial charge is 0.508 e. The van der Waals surface area contributed by atoms with Gasteiger partial charge in [0, 0.05) is 11.8 Å². The van der Waals surface area contributed by atoms with Crippen molar-refractivity contribution in [2.45, 2.75) is 23.8 Å². The molecule has 1 amide bonds. The maximum atomic E-state index is 12.5. The Bertz CT molecular complexity index is 1180. The van der Waals surface area contributed by atoms with E-state index in [-0.39, 0.29) is 28.6 Å². The molecule has 2 aromatic carbocycles. The Morgan fingerprint density at radius 1 is 1.12 bits per heavy atom. The van der Waals surface area contributed by atoms with Gasteiger partial charge in [-0.15, -0.1) is 11.3 Å². The van der Waals surface area contributed by atoms with Gasteiger partial charge in [0.05, 0.1) is 24.1 Å². The number of aromatic hydroxyl groups is 1. The Morgan fingerprint density at radius 3 is 2.47 bits per heavy atom. The number of rotatable bonds is 9. The average molecular weight is 476 g/mol. The van der Waals surface area contributed by atoms with Crippen LogP contribution in [0.15, 0.2) is 64.9 Å². The number of nitrogens with one attached hydrogen (secondary N) is 2. The smallest absolute Gasteiger partial charge is 0.328 e. The van der Waals surface area contributed by atoms with Crippen LogP contribution in [0.25, 0.3) is 0 Å². The summed E-state index contributed by atoms with van der Waals surface area (Å²) in [6.45, 7) is 0. The van der Waals surface area contributed by atoms with Crippen molar-refractivity contribution in [3.05, 3.63) is 71.2 Å². The molecule has 1 unspecified atom stereocenters. The van der Waals surface area contributed by atoms with Crippen molar-refractivity contribution in [1.82, 2.24) is 10.3 Å². The highest BCUT2D eigenvalue weighted by molar-refractivity contribution is 7.93. The summed E-state index contributed by atoms with van der Waals surface area (Å²) in [6, 6.07) is 13.2. The molecule has 11 heteroatoms. The maximum Gasteiger partial charge on any atom is 0.328 e. The van der Waals surface area contributed by atoms with E-state index in [9.17, 15) is 23.1 Å². The van der Waals surface area contributed by atoms with Crippen molar-refractivity contribution in [1.29, 1.82) is 0 Å². The first kappa shape index (κ1) is 23.2. The van der Waals surface area contributed by atoms with Crippen LogP contribution in [0.3, 0.4) is 0 Å². The molecule has 0 aliphatic heterocycles. The molecular weight excluding hydrogens is 454 g/mol. The van der Waals surface area contributed by atoms with Gasteiger partial charge in [-0.3, -0.25) is 9.52 Å². The number of thiazole rings is 1. The third kappa shape index (κ3) is 6.28. The van der Waals surface area contributed by atoms with Crippen molar-refractivity contribution < 1.29 is 27.9 Å². The minimum absolute atomic E-state index is 0.0922. The lowest BCUT2D eigenvalue weighted by atomic mass is 10.1. The van der Waals surface area contributed by atoms with Crippen LogP contribution < -0.4 is 10.0 Å². The highest BCUT2D eigenvalue weighted by atomic mass is 32.2. The van der Waals surface area contributed by atoms with E-state index in [1.165, 1.54) is 31.4 Å². The molecule has 9 nitrogen and oxygen atoms in total. The van der Waals surface area contributed by atoms with Gasteiger partial charge in [-0.05, 0) is 29.8 Å². The van der Waals surface area contributed by atoms with Gasteiger partial charge in [0.1, 0.15) is 11.8 Å². The lowest BCUT2D eigenvalue weighted by Crippen LogP contribution is -2.43. The molecule has 1 atom stereocenters. The van der Waals surface area contributed by atoms with Gasteiger partial charge < -0.3 is 15.2 Å². The number of nitrogens with zero attached hydrogens (tertiary/aromatic N) is 1. The molecule has 0 saturated heterocycles. The monoisotopic (exact) mass is 475 g/mol. The molecule has 32 heavy (non-hydrogen) atoms. The standard InChI is InChI=1S/C21H21N3O6S2/c1-30-20(27)18(11-14-7-9-16(25)10-8-14)23-19(26)12-15-13-31-21(22-15)24-32(28,29)17-5-3-2-4-6-17/h2-10,13,18,25H,11-12H2,1H3,(H,22,24)(H,23,26). The number of hydrogen-bond donors (Lipinski definition) is 3. The van der Waals surface area contributed by atoms with E-state index >= 15 is 0 Å². The maximum absolute atomic E-state index is 12.5. The molecule has 3 rings (SSSR count). The zero-order valence-corrected chi connectivity index (χ0v) is 18.7. The van der Waals surface area contributed by atoms with Gasteiger partial charge in [0.25, 0.3) is 10.0 Å². The minimum atomic E-state index is -3.78. The fourth-order valence-electron chi connectivity index (χ4n) is 2.82. The van der Waals surface area contributed by atoms with Crippen LogP contribution in [-0.2, 0) is 37.2 Å². The molecule has 1 aromatic heterocycles. The number of carbonyl (C=O) groups excluding carboxylic acids is 2. The number of phenolic OH excluding ortho intramolecular Hbond substituents is 1. The summed E-state index contributed by atoms with van der Waals surface area (Å²) in [7, 11) is -2.56. The molecule has 168 valence electrons. The van der Waals surface area contributed by atoms with E-state index in [0.717, 1.165) is 16.9 Å². The SMILES string of the molecule is COC(=O)C(Cc1ccc(O)cc1)NC(=O)Cc1csc(NS(=O)(=O)c2ccccc2)n1. The highest BCUT2D eigenvalue weighted by Gasteiger charge is 2.23. The van der Waals surface area contributed by atoms with Crippen molar-refractivity contribution in [2.24, 2.45) is 0 Å². The number of amides is 1. The van der Waals surface area contributed by atoms with Crippen LogP contribution in [0.1, 0.15) is 11.3 Å². The summed E-state index contributed by atoms with van der Waals surface area (Å²) in [6.07, 6.45) is 0.0323. The third-order valence-corrected chi connectivity index (χ3v) is 6.66. The number of anilines is 1. The molecule has 0 aliphatic carbocycles. The summed E-state index contributed by atoms with van der Waals surface area (Å²) in [5.41, 5.74) is 1.08. The highest BCUT2D eigenvalue weighted by Crippen LogP contribution is 2.20. The Hall–Kier alpha value is -3.44. The molecule has 1 heterocycles. The number of ether oxygens (including phenoxy) is 1. The average Bonchev–Trinajstić information content (AvgIpc) is 3.20. The number of phenols is 1. The van der Waals surface area contributed by atoms with Gasteiger partial charge in [-0.25, -0.2) is 18.2 Å². The third-order valence-electron chi connectivity index (χ3n) is 4.37. The first-order valence-corrected chi connectivity index (χ1v) is 11.8. The summed E-state index contributed by atoms with van der Waals surface area (Å²) < 4.78 is 31.9. The number of benzene rings is 2. The lowest BCUT2D eigenvalue weighted by Gasteiger charge is -2.16. The number of hydrogen-bond acceptors (Lipinski definition) is 8. The lowest BCUT2D eigenvalue weighted by molar-refractivity contribution is -0.145. The summed E-state index contributed by atoms with van der Waals surface area (Å²) in [5.74, 6) is -0.988. The van der Waals surface area contributed by atoms with E-state index < -0.39 is 27.9 Å². The van der Waals surface area contributed by atoms with E-state index in [0.29, 0.717) is 5.69 Å². The van der Waals surface area contributed by atoms with Crippen molar-refractivity contribution in [3.8, 4) is 5.75 Å². The normalized spacial score (nSPS) is 12.0. The number of esters is 1. The molecule has 0 aliphatic rings. The van der Waals surface area contributed by atoms with Gasteiger partial charge in [0.15, 0.2) is 5.13 Å². The van der Waals surface area contributed by atoms with Crippen LogP contribution in [0.2, 0.25) is 0 Å². The number of carbonyl (C=O) groups is 2. The predicted molar refractivity (Wildman–Crippen MR) is 119 cm³/mol. The van der Waals surface area contributed by atoms with Crippen molar-refractivity contribution in [3.63, 3.8) is 0 Å². The van der Waals surface area contributed by atoms with Crippen molar-refractivity contribution >= 4 is 38.4 Å². The quantitative estimate of drug-likeness (QED) is 0.403. The summed E-state index contributed by atoms with van der Waals surface area (Å²) in [5, 5.41) is 13.7. The molecule has 0 radical (unpaired) electrons. The number of methoxy groups -OCH3 is 1. The molecule has 0 spiro atoms. The molecule has 0 saturated carbocycles. The molecule has 0 fully saturated rings. The van der Waals surface area contributed by atoms with Crippen molar-refractivity contribution in [2.75, 3.05) is 11.8 Å². The van der Waals surface area contributed by atoms with Crippen LogP contribution in [0, 0.1) is 0 Å². The van der Waals surface area contributed by atoms with Crippen LogP contribution in [0.5, 0.6) is 5.75 Å². The topological polar surface area (TPSA) is 135 Å². The second-order valence-electron chi connectivity index (χ2n) is 6.75. The molecular formula is C21H21N3O6S2. The second-order valence-corrected chi connectivity index (χ2v) is 9.29. The first-order chi connectivity index (χ1) is 15.3. The zero-order chi connectivity index (χ0) is 23.1. The Kier molecular flexibility index (Phi) is 7.44. The van der Waals surface area contributed by atoms with Crippen LogP contribution in [-0.4, -0.2) is 43.5 Å². The number of sulfonamides is 1. The fraction of sp³-hybridized carbons (Fsp3) is 0.190. The Morgan fingerprint density at radius 2 is 1.81 bits per heavy atom. The van der Waals surface area contributed by atoms with Gasteiger partial charge in [-0.1, -0.05) is 30.3 Å².